The van der Waals surface area contributed by atoms with Gasteiger partial charge in [-0.15, -0.1) is 11.3 Å². The Balaban J connectivity index is 1.99. The van der Waals surface area contributed by atoms with Crippen molar-refractivity contribution in [2.24, 2.45) is 4.99 Å². The standard InChI is InChI=1S/C20H30N4S/c1-5-21-20(22-13-16(2)19-11-8-12-25-19)23-14-17-9-6-7-10-18(17)15-24(3)4/h6-12,16H,5,13-15H2,1-4H3,(H2,21,22,23). The second kappa shape index (κ2) is 10.2. The maximum absolute atomic E-state index is 4.78. The van der Waals surface area contributed by atoms with Gasteiger partial charge in [0.25, 0.3) is 0 Å². The number of guanidine groups is 1. The fraction of sp³-hybridized carbons (Fsp3) is 0.450. The van der Waals surface area contributed by atoms with Crippen LogP contribution in [-0.2, 0) is 13.1 Å². The van der Waals surface area contributed by atoms with Gasteiger partial charge in [-0.25, -0.2) is 4.99 Å². The van der Waals surface area contributed by atoms with Crippen LogP contribution < -0.4 is 10.6 Å². The molecule has 1 unspecified atom stereocenters. The minimum absolute atomic E-state index is 0.477. The van der Waals surface area contributed by atoms with Crippen LogP contribution in [0.25, 0.3) is 0 Å². The molecule has 0 aliphatic heterocycles. The third-order valence-corrected chi connectivity index (χ3v) is 5.07. The lowest BCUT2D eigenvalue weighted by molar-refractivity contribution is 0.401. The molecule has 2 N–H and O–H groups in total. The van der Waals surface area contributed by atoms with E-state index in [2.05, 4.69) is 85.3 Å². The van der Waals surface area contributed by atoms with E-state index in [1.165, 1.54) is 16.0 Å². The van der Waals surface area contributed by atoms with Crippen LogP contribution in [0.3, 0.4) is 0 Å². The molecule has 0 saturated heterocycles. The van der Waals surface area contributed by atoms with Crippen LogP contribution in [0, 0.1) is 0 Å². The van der Waals surface area contributed by atoms with Crippen molar-refractivity contribution in [3.05, 3.63) is 57.8 Å². The van der Waals surface area contributed by atoms with Gasteiger partial charge in [0.05, 0.1) is 6.54 Å². The lowest BCUT2D eigenvalue weighted by atomic mass is 10.1. The summed E-state index contributed by atoms with van der Waals surface area (Å²) in [5.74, 6) is 1.36. The summed E-state index contributed by atoms with van der Waals surface area (Å²) in [6.07, 6.45) is 0. The first-order valence-electron chi connectivity index (χ1n) is 8.87. The lowest BCUT2D eigenvalue weighted by Crippen LogP contribution is -2.39. The molecule has 1 aromatic carbocycles. The van der Waals surface area contributed by atoms with E-state index < -0.39 is 0 Å². The molecule has 0 aliphatic rings. The maximum Gasteiger partial charge on any atom is 0.191 e. The van der Waals surface area contributed by atoms with Crippen molar-refractivity contribution in [1.82, 2.24) is 15.5 Å². The molecule has 1 atom stereocenters. The van der Waals surface area contributed by atoms with Gasteiger partial charge >= 0.3 is 0 Å². The molecule has 5 heteroatoms. The van der Waals surface area contributed by atoms with Crippen LogP contribution in [-0.4, -0.2) is 38.0 Å². The van der Waals surface area contributed by atoms with Gasteiger partial charge in [-0.1, -0.05) is 37.3 Å². The summed E-state index contributed by atoms with van der Waals surface area (Å²) in [5.41, 5.74) is 2.61. The summed E-state index contributed by atoms with van der Waals surface area (Å²) < 4.78 is 0. The highest BCUT2D eigenvalue weighted by Crippen LogP contribution is 2.19. The smallest absolute Gasteiger partial charge is 0.191 e. The van der Waals surface area contributed by atoms with Gasteiger partial charge in [-0.05, 0) is 43.6 Å². The molecule has 0 fully saturated rings. The normalized spacial score (nSPS) is 13.1. The molecular formula is C20H30N4S. The summed E-state index contributed by atoms with van der Waals surface area (Å²) in [5, 5.41) is 8.95. The molecule has 0 saturated carbocycles. The topological polar surface area (TPSA) is 39.7 Å². The fourth-order valence-electron chi connectivity index (χ4n) is 2.63. The van der Waals surface area contributed by atoms with E-state index in [1.807, 2.05) is 11.3 Å². The van der Waals surface area contributed by atoms with Crippen LogP contribution in [0.1, 0.15) is 35.8 Å². The van der Waals surface area contributed by atoms with Crippen LogP contribution in [0.5, 0.6) is 0 Å². The molecule has 25 heavy (non-hydrogen) atoms. The molecule has 0 amide bonds. The zero-order valence-corrected chi connectivity index (χ0v) is 16.6. The molecule has 136 valence electrons. The molecule has 0 spiro atoms. The largest absolute Gasteiger partial charge is 0.357 e. The van der Waals surface area contributed by atoms with E-state index >= 15 is 0 Å². The van der Waals surface area contributed by atoms with E-state index in [9.17, 15) is 0 Å². The third-order valence-electron chi connectivity index (χ3n) is 3.96. The van der Waals surface area contributed by atoms with Crippen LogP contribution in [0.15, 0.2) is 46.8 Å². The molecule has 1 aromatic heterocycles. The van der Waals surface area contributed by atoms with Gasteiger partial charge < -0.3 is 15.5 Å². The SMILES string of the molecule is CCNC(=NCc1ccccc1CN(C)C)NCC(C)c1cccs1. The lowest BCUT2D eigenvalue weighted by Gasteiger charge is -2.16. The van der Waals surface area contributed by atoms with Crippen molar-refractivity contribution in [3.63, 3.8) is 0 Å². The van der Waals surface area contributed by atoms with Gasteiger partial charge in [-0.3, -0.25) is 0 Å². The summed E-state index contributed by atoms with van der Waals surface area (Å²) in [4.78, 5) is 8.38. The summed E-state index contributed by atoms with van der Waals surface area (Å²) in [6.45, 7) is 7.71. The van der Waals surface area contributed by atoms with Crippen molar-refractivity contribution in [3.8, 4) is 0 Å². The minimum atomic E-state index is 0.477. The molecular weight excluding hydrogens is 328 g/mol. The van der Waals surface area contributed by atoms with Gasteiger partial charge in [0, 0.05) is 30.4 Å². The molecule has 1 heterocycles. The first-order valence-corrected chi connectivity index (χ1v) is 9.75. The summed E-state index contributed by atoms with van der Waals surface area (Å²) in [6, 6.07) is 12.8. The number of hydrogen-bond acceptors (Lipinski definition) is 3. The fourth-order valence-corrected chi connectivity index (χ4v) is 3.42. The number of aliphatic imine (C=N–C) groups is 1. The van der Waals surface area contributed by atoms with Gasteiger partial charge in [0.2, 0.25) is 0 Å². The third kappa shape index (κ3) is 6.52. The molecule has 4 nitrogen and oxygen atoms in total. The Kier molecular flexibility index (Phi) is 7.95. The Morgan fingerprint density at radius 3 is 2.52 bits per heavy atom. The molecule has 0 bridgehead atoms. The van der Waals surface area contributed by atoms with E-state index in [-0.39, 0.29) is 0 Å². The van der Waals surface area contributed by atoms with Crippen LogP contribution in [0.4, 0.5) is 0 Å². The Bertz CT molecular complexity index is 649. The Morgan fingerprint density at radius 2 is 1.88 bits per heavy atom. The zero-order valence-electron chi connectivity index (χ0n) is 15.7. The first-order chi connectivity index (χ1) is 12.1. The van der Waals surface area contributed by atoms with E-state index in [0.29, 0.717) is 12.5 Å². The van der Waals surface area contributed by atoms with E-state index in [4.69, 9.17) is 4.99 Å². The number of nitrogens with zero attached hydrogens (tertiary/aromatic N) is 2. The van der Waals surface area contributed by atoms with Crippen molar-refractivity contribution in [2.75, 3.05) is 27.2 Å². The second-order valence-corrected chi connectivity index (χ2v) is 7.48. The molecule has 0 radical (unpaired) electrons. The van der Waals surface area contributed by atoms with E-state index in [0.717, 1.165) is 25.6 Å². The molecule has 2 aromatic rings. The molecule has 2 rings (SSSR count). The predicted octanol–water partition coefficient (Wildman–Crippen LogP) is 3.67. The highest BCUT2D eigenvalue weighted by atomic mass is 32.1. The average Bonchev–Trinajstić information content (AvgIpc) is 3.12. The average molecular weight is 359 g/mol. The number of nitrogens with one attached hydrogen (secondary N) is 2. The molecule has 0 aliphatic carbocycles. The van der Waals surface area contributed by atoms with Gasteiger partial charge in [0.15, 0.2) is 5.96 Å². The van der Waals surface area contributed by atoms with Gasteiger partial charge in [0.1, 0.15) is 0 Å². The Morgan fingerprint density at radius 1 is 1.12 bits per heavy atom. The highest BCUT2D eigenvalue weighted by Gasteiger charge is 2.08. The number of rotatable bonds is 8. The second-order valence-electron chi connectivity index (χ2n) is 6.50. The summed E-state index contributed by atoms with van der Waals surface area (Å²) in [7, 11) is 4.19. The van der Waals surface area contributed by atoms with Crippen molar-refractivity contribution in [1.29, 1.82) is 0 Å². The Labute approximate surface area is 156 Å². The summed E-state index contributed by atoms with van der Waals surface area (Å²) >= 11 is 1.81. The maximum atomic E-state index is 4.78. The minimum Gasteiger partial charge on any atom is -0.357 e. The zero-order chi connectivity index (χ0) is 18.1. The quantitative estimate of drug-likeness (QED) is 0.559. The monoisotopic (exact) mass is 358 g/mol. The van der Waals surface area contributed by atoms with Crippen molar-refractivity contribution in [2.45, 2.75) is 32.9 Å². The Hall–Kier alpha value is -1.85. The van der Waals surface area contributed by atoms with Gasteiger partial charge in [-0.2, -0.15) is 0 Å². The predicted molar refractivity (Wildman–Crippen MR) is 109 cm³/mol. The van der Waals surface area contributed by atoms with Crippen molar-refractivity contribution >= 4 is 17.3 Å². The first kappa shape index (κ1) is 19.5. The number of thiophene rings is 1. The number of benzene rings is 1. The van der Waals surface area contributed by atoms with E-state index in [1.54, 1.807) is 0 Å². The number of hydrogen-bond donors (Lipinski definition) is 2. The van der Waals surface area contributed by atoms with Crippen molar-refractivity contribution < 1.29 is 0 Å². The van der Waals surface area contributed by atoms with Crippen LogP contribution in [0.2, 0.25) is 0 Å². The highest BCUT2D eigenvalue weighted by molar-refractivity contribution is 7.10. The van der Waals surface area contributed by atoms with Crippen LogP contribution >= 0.6 is 11.3 Å².